The largest absolute Gasteiger partial charge is 0.361 e. The van der Waals surface area contributed by atoms with Crippen molar-refractivity contribution < 1.29 is 0 Å². The van der Waals surface area contributed by atoms with Crippen LogP contribution in [0.25, 0.3) is 22.6 Å². The fraction of sp³-hybridized carbons (Fsp3) is 0. The summed E-state index contributed by atoms with van der Waals surface area (Å²) >= 11 is 11.9. The molecule has 3 aromatic rings. The zero-order valence-corrected chi connectivity index (χ0v) is 12.4. The summed E-state index contributed by atoms with van der Waals surface area (Å²) in [5, 5.41) is 11.4. The van der Waals surface area contributed by atoms with E-state index in [1.54, 1.807) is 18.2 Å². The molecule has 0 fully saturated rings. The number of halogens is 2. The number of fused-ring (bicyclic) bond motifs is 1. The number of rotatable bonds is 2. The molecule has 0 aliphatic rings. The number of hydrogen-bond acceptors (Lipinski definition) is 1. The van der Waals surface area contributed by atoms with Gasteiger partial charge in [0.2, 0.25) is 0 Å². The van der Waals surface area contributed by atoms with E-state index in [-0.39, 0.29) is 0 Å². The maximum Gasteiger partial charge on any atom is 0.0998 e. The number of benzene rings is 2. The molecule has 1 heterocycles. The Bertz CT molecular complexity index is 885. The fourth-order valence-electron chi connectivity index (χ4n) is 2.21. The van der Waals surface area contributed by atoms with E-state index >= 15 is 0 Å². The molecule has 102 valence electrons. The van der Waals surface area contributed by atoms with Crippen LogP contribution in [0.5, 0.6) is 0 Å². The van der Waals surface area contributed by atoms with Gasteiger partial charge in [-0.05, 0) is 29.8 Å². The summed E-state index contributed by atoms with van der Waals surface area (Å²) in [6.45, 7) is 0. The SMILES string of the molecule is N#C/C(=C\c1c[nH]c2ccccc12)c1ccc(Cl)c(Cl)c1. The summed E-state index contributed by atoms with van der Waals surface area (Å²) in [6, 6.07) is 15.4. The van der Waals surface area contributed by atoms with Crippen molar-refractivity contribution in [1.29, 1.82) is 5.26 Å². The standard InChI is InChI=1S/C17H10Cl2N2/c18-15-6-5-11(8-16(15)19)12(9-20)7-13-10-21-17-4-2-1-3-14(13)17/h1-8,10,21H/b12-7+. The van der Waals surface area contributed by atoms with Gasteiger partial charge < -0.3 is 4.98 Å². The van der Waals surface area contributed by atoms with Crippen LogP contribution < -0.4 is 0 Å². The Kier molecular flexibility index (Phi) is 3.70. The summed E-state index contributed by atoms with van der Waals surface area (Å²) < 4.78 is 0. The van der Waals surface area contributed by atoms with Gasteiger partial charge in [-0.15, -0.1) is 0 Å². The fourth-order valence-corrected chi connectivity index (χ4v) is 2.51. The van der Waals surface area contributed by atoms with Gasteiger partial charge in [-0.25, -0.2) is 0 Å². The summed E-state index contributed by atoms with van der Waals surface area (Å²) in [6.07, 6.45) is 3.73. The van der Waals surface area contributed by atoms with E-state index in [1.165, 1.54) is 0 Å². The minimum Gasteiger partial charge on any atom is -0.361 e. The molecule has 1 aromatic heterocycles. The van der Waals surface area contributed by atoms with Crippen molar-refractivity contribution in [2.75, 3.05) is 0 Å². The molecule has 0 aliphatic heterocycles. The Balaban J connectivity index is 2.11. The van der Waals surface area contributed by atoms with E-state index in [9.17, 15) is 5.26 Å². The Hall–Kier alpha value is -2.21. The number of hydrogen-bond donors (Lipinski definition) is 1. The predicted molar refractivity (Wildman–Crippen MR) is 88.2 cm³/mol. The van der Waals surface area contributed by atoms with Crippen molar-refractivity contribution in [2.45, 2.75) is 0 Å². The second-order valence-corrected chi connectivity index (χ2v) is 5.40. The smallest absolute Gasteiger partial charge is 0.0998 e. The lowest BCUT2D eigenvalue weighted by Crippen LogP contribution is -1.82. The second kappa shape index (κ2) is 5.65. The highest BCUT2D eigenvalue weighted by molar-refractivity contribution is 6.42. The van der Waals surface area contributed by atoms with Gasteiger partial charge in [0.15, 0.2) is 0 Å². The van der Waals surface area contributed by atoms with E-state index in [0.717, 1.165) is 22.0 Å². The van der Waals surface area contributed by atoms with E-state index in [1.807, 2.05) is 36.5 Å². The lowest BCUT2D eigenvalue weighted by Gasteiger charge is -2.02. The van der Waals surface area contributed by atoms with Gasteiger partial charge in [-0.3, -0.25) is 0 Å². The lowest BCUT2D eigenvalue weighted by atomic mass is 10.0. The lowest BCUT2D eigenvalue weighted by molar-refractivity contribution is 1.47. The number of aromatic amines is 1. The third-order valence-corrected chi connectivity index (χ3v) is 4.01. The third-order valence-electron chi connectivity index (χ3n) is 3.27. The monoisotopic (exact) mass is 312 g/mol. The van der Waals surface area contributed by atoms with Crippen LogP contribution in [-0.2, 0) is 0 Å². The van der Waals surface area contributed by atoms with Crippen molar-refractivity contribution in [3.05, 3.63) is 69.8 Å². The van der Waals surface area contributed by atoms with Crippen LogP contribution in [0.2, 0.25) is 10.0 Å². The van der Waals surface area contributed by atoms with Gasteiger partial charge in [0.1, 0.15) is 0 Å². The maximum absolute atomic E-state index is 9.41. The van der Waals surface area contributed by atoms with Crippen LogP contribution in [-0.4, -0.2) is 4.98 Å². The van der Waals surface area contributed by atoms with Crippen LogP contribution in [0.4, 0.5) is 0 Å². The van der Waals surface area contributed by atoms with E-state index in [4.69, 9.17) is 23.2 Å². The zero-order chi connectivity index (χ0) is 14.8. The first kappa shape index (κ1) is 13.8. The Morgan fingerprint density at radius 2 is 1.90 bits per heavy atom. The van der Waals surface area contributed by atoms with Gasteiger partial charge in [0.05, 0.1) is 21.7 Å². The molecule has 0 unspecified atom stereocenters. The number of para-hydroxylation sites is 1. The van der Waals surface area contributed by atoms with Crippen molar-refractivity contribution in [2.24, 2.45) is 0 Å². The second-order valence-electron chi connectivity index (χ2n) is 4.59. The summed E-state index contributed by atoms with van der Waals surface area (Å²) in [5.74, 6) is 0. The molecule has 0 amide bonds. The molecular formula is C17H10Cl2N2. The average molecular weight is 313 g/mol. The number of nitrogens with one attached hydrogen (secondary N) is 1. The quantitative estimate of drug-likeness (QED) is 0.620. The highest BCUT2D eigenvalue weighted by Crippen LogP contribution is 2.28. The zero-order valence-electron chi connectivity index (χ0n) is 10.9. The first-order valence-electron chi connectivity index (χ1n) is 6.32. The number of H-pyrrole nitrogens is 1. The highest BCUT2D eigenvalue weighted by Gasteiger charge is 2.07. The molecule has 2 aromatic carbocycles. The molecule has 0 bridgehead atoms. The van der Waals surface area contributed by atoms with Crippen LogP contribution in [0, 0.1) is 11.3 Å². The van der Waals surface area contributed by atoms with Crippen molar-refractivity contribution in [1.82, 2.24) is 4.98 Å². The van der Waals surface area contributed by atoms with Gasteiger partial charge in [-0.1, -0.05) is 47.5 Å². The third kappa shape index (κ3) is 2.67. The van der Waals surface area contributed by atoms with E-state index < -0.39 is 0 Å². The molecule has 0 saturated heterocycles. The first-order valence-corrected chi connectivity index (χ1v) is 7.08. The van der Waals surface area contributed by atoms with Gasteiger partial charge in [-0.2, -0.15) is 5.26 Å². The average Bonchev–Trinajstić information content (AvgIpc) is 2.91. The maximum atomic E-state index is 9.41. The minimum absolute atomic E-state index is 0.439. The Morgan fingerprint density at radius 1 is 1.10 bits per heavy atom. The molecule has 0 atom stereocenters. The molecule has 0 radical (unpaired) electrons. The van der Waals surface area contributed by atoms with Crippen LogP contribution in [0.15, 0.2) is 48.7 Å². The van der Waals surface area contributed by atoms with E-state index in [0.29, 0.717) is 15.6 Å². The molecule has 21 heavy (non-hydrogen) atoms. The molecule has 0 saturated carbocycles. The van der Waals surface area contributed by atoms with Crippen LogP contribution in [0.1, 0.15) is 11.1 Å². The summed E-state index contributed by atoms with van der Waals surface area (Å²) in [7, 11) is 0. The number of nitriles is 1. The van der Waals surface area contributed by atoms with Crippen molar-refractivity contribution in [3.8, 4) is 6.07 Å². The molecule has 3 rings (SSSR count). The molecule has 2 nitrogen and oxygen atoms in total. The minimum atomic E-state index is 0.439. The number of allylic oxidation sites excluding steroid dienone is 1. The van der Waals surface area contributed by atoms with Crippen LogP contribution >= 0.6 is 23.2 Å². The van der Waals surface area contributed by atoms with Gasteiger partial charge >= 0.3 is 0 Å². The Labute approximate surface area is 132 Å². The summed E-state index contributed by atoms with van der Waals surface area (Å²) in [4.78, 5) is 3.19. The molecule has 4 heteroatoms. The molecule has 0 spiro atoms. The highest BCUT2D eigenvalue weighted by atomic mass is 35.5. The van der Waals surface area contributed by atoms with Gasteiger partial charge in [0, 0.05) is 22.7 Å². The van der Waals surface area contributed by atoms with Crippen LogP contribution in [0.3, 0.4) is 0 Å². The summed E-state index contributed by atoms with van der Waals surface area (Å²) in [5.41, 5.74) is 3.29. The molecular weight excluding hydrogens is 303 g/mol. The predicted octanol–water partition coefficient (Wildman–Crippen LogP) is 5.54. The topological polar surface area (TPSA) is 39.6 Å². The van der Waals surface area contributed by atoms with Gasteiger partial charge in [0.25, 0.3) is 0 Å². The van der Waals surface area contributed by atoms with Crippen molar-refractivity contribution >= 4 is 45.8 Å². The number of nitrogens with zero attached hydrogens (tertiary/aromatic N) is 1. The van der Waals surface area contributed by atoms with Crippen molar-refractivity contribution in [3.63, 3.8) is 0 Å². The van der Waals surface area contributed by atoms with E-state index in [2.05, 4.69) is 11.1 Å². The number of aromatic nitrogens is 1. The first-order chi connectivity index (χ1) is 10.2. The molecule has 0 aliphatic carbocycles. The normalized spacial score (nSPS) is 11.6. The molecule has 1 N–H and O–H groups in total. The Morgan fingerprint density at radius 3 is 2.67 bits per heavy atom.